The molecule has 0 aromatic heterocycles. The normalized spacial score (nSPS) is 16.8. The van der Waals surface area contributed by atoms with Crippen molar-refractivity contribution in [3.8, 4) is 5.75 Å². The van der Waals surface area contributed by atoms with Crippen LogP contribution in [0.1, 0.15) is 51.2 Å². The Bertz CT molecular complexity index is 1330. The molecule has 4 amide bonds. The fraction of sp³-hybridized carbons (Fsp3) is 0.344. The molecule has 0 bridgehead atoms. The van der Waals surface area contributed by atoms with Crippen LogP contribution in [0, 0.1) is 0 Å². The van der Waals surface area contributed by atoms with E-state index in [0.29, 0.717) is 23.5 Å². The van der Waals surface area contributed by atoms with Crippen molar-refractivity contribution in [3.05, 3.63) is 90.0 Å². The first-order valence-corrected chi connectivity index (χ1v) is 13.7. The molecule has 2 unspecified atom stereocenters. The summed E-state index contributed by atoms with van der Waals surface area (Å²) >= 11 is 0. The summed E-state index contributed by atoms with van der Waals surface area (Å²) in [7, 11) is 1.56. The van der Waals surface area contributed by atoms with Crippen LogP contribution in [-0.4, -0.2) is 54.5 Å². The van der Waals surface area contributed by atoms with Crippen LogP contribution >= 0.6 is 0 Å². The van der Waals surface area contributed by atoms with Gasteiger partial charge in [-0.15, -0.1) is 0 Å². The van der Waals surface area contributed by atoms with Crippen LogP contribution in [0.5, 0.6) is 5.75 Å². The summed E-state index contributed by atoms with van der Waals surface area (Å²) in [4.78, 5) is 44.2. The van der Waals surface area contributed by atoms with Gasteiger partial charge in [0, 0.05) is 35.4 Å². The molecule has 2 N–H and O–H groups in total. The van der Waals surface area contributed by atoms with Crippen molar-refractivity contribution in [3.63, 3.8) is 0 Å². The molecule has 0 fully saturated rings. The molecule has 0 saturated heterocycles. The second-order valence-electron chi connectivity index (χ2n) is 10.6. The smallest absolute Gasteiger partial charge is 0.319 e. The predicted molar refractivity (Wildman–Crippen MR) is 158 cm³/mol. The van der Waals surface area contributed by atoms with Gasteiger partial charge in [-0.3, -0.25) is 9.59 Å². The van der Waals surface area contributed by atoms with Crippen molar-refractivity contribution >= 4 is 29.2 Å². The second kappa shape index (κ2) is 12.7. The maximum atomic E-state index is 14.2. The molecule has 8 heteroatoms. The van der Waals surface area contributed by atoms with Crippen molar-refractivity contribution in [2.24, 2.45) is 0 Å². The summed E-state index contributed by atoms with van der Waals surface area (Å²) in [6.45, 7) is 7.75. The second-order valence-corrected chi connectivity index (χ2v) is 10.6. The molecule has 1 aliphatic heterocycles. The number of urea groups is 1. The van der Waals surface area contributed by atoms with Crippen LogP contribution in [0.3, 0.4) is 0 Å². The van der Waals surface area contributed by atoms with Crippen LogP contribution in [0.2, 0.25) is 0 Å². The summed E-state index contributed by atoms with van der Waals surface area (Å²) < 4.78 is 5.25. The Morgan fingerprint density at radius 3 is 2.30 bits per heavy atom. The Morgan fingerprint density at radius 1 is 0.950 bits per heavy atom. The van der Waals surface area contributed by atoms with E-state index in [1.165, 1.54) is 4.90 Å². The van der Waals surface area contributed by atoms with Gasteiger partial charge in [0.25, 0.3) is 0 Å². The van der Waals surface area contributed by atoms with Gasteiger partial charge < -0.3 is 25.2 Å². The fourth-order valence-corrected chi connectivity index (χ4v) is 5.50. The molecule has 3 aromatic rings. The number of carbonyl (C=O) groups is 3. The fourth-order valence-electron chi connectivity index (χ4n) is 5.50. The first-order chi connectivity index (χ1) is 19.2. The molecule has 0 saturated carbocycles. The summed E-state index contributed by atoms with van der Waals surface area (Å²) in [6, 6.07) is 23.2. The lowest BCUT2D eigenvalue weighted by molar-refractivity contribution is -0.134. The highest BCUT2D eigenvalue weighted by Crippen LogP contribution is 2.39. The van der Waals surface area contributed by atoms with E-state index in [0.717, 1.165) is 11.1 Å². The van der Waals surface area contributed by atoms with Crippen LogP contribution in [0.25, 0.3) is 0 Å². The topological polar surface area (TPSA) is 91.0 Å². The van der Waals surface area contributed by atoms with Gasteiger partial charge in [-0.05, 0) is 63.4 Å². The summed E-state index contributed by atoms with van der Waals surface area (Å²) in [6.07, 6.45) is 0.341. The quantitative estimate of drug-likeness (QED) is 0.399. The van der Waals surface area contributed by atoms with Gasteiger partial charge in [0.2, 0.25) is 11.8 Å². The molecule has 0 radical (unpaired) electrons. The zero-order chi connectivity index (χ0) is 28.8. The van der Waals surface area contributed by atoms with Gasteiger partial charge in [-0.25, -0.2) is 4.79 Å². The number of amides is 4. The lowest BCUT2D eigenvalue weighted by Crippen LogP contribution is -2.53. The van der Waals surface area contributed by atoms with Gasteiger partial charge in [-0.1, -0.05) is 54.6 Å². The van der Waals surface area contributed by atoms with E-state index in [1.54, 1.807) is 36.3 Å². The van der Waals surface area contributed by atoms with Crippen LogP contribution < -0.4 is 20.3 Å². The van der Waals surface area contributed by atoms with Crippen molar-refractivity contribution in [1.29, 1.82) is 0 Å². The molecule has 40 heavy (non-hydrogen) atoms. The van der Waals surface area contributed by atoms with Crippen molar-refractivity contribution in [2.45, 2.75) is 58.2 Å². The van der Waals surface area contributed by atoms with Crippen LogP contribution in [0.4, 0.5) is 16.2 Å². The highest BCUT2D eigenvalue weighted by Gasteiger charge is 2.38. The van der Waals surface area contributed by atoms with E-state index in [9.17, 15) is 14.4 Å². The average molecular weight is 543 g/mol. The average Bonchev–Trinajstić information content (AvgIpc) is 3.04. The first kappa shape index (κ1) is 28.7. The van der Waals surface area contributed by atoms with Gasteiger partial charge >= 0.3 is 6.03 Å². The molecule has 1 aliphatic rings. The summed E-state index contributed by atoms with van der Waals surface area (Å²) in [5, 5.41) is 5.71. The number of benzene rings is 3. The highest BCUT2D eigenvalue weighted by molar-refractivity contribution is 6.05. The number of hydrogen-bond acceptors (Lipinski definition) is 4. The monoisotopic (exact) mass is 542 g/mol. The number of carbonyl (C=O) groups excluding carboxylic acids is 3. The minimum atomic E-state index is -0.873. The van der Waals surface area contributed by atoms with Gasteiger partial charge in [0.05, 0.1) is 7.11 Å². The first-order valence-electron chi connectivity index (χ1n) is 13.7. The van der Waals surface area contributed by atoms with E-state index in [4.69, 9.17) is 4.74 Å². The molecular formula is C32H38N4O4. The van der Waals surface area contributed by atoms with Gasteiger partial charge in [0.15, 0.2) is 0 Å². The number of rotatable bonds is 8. The SMILES string of the molecule is COc1cccc(NC(=O)NC2CC(c3ccccc3)c3ccccc3N(CC(=O)N(C(C)C)C(C)C)C2=O)c1. The number of hydrogen-bond donors (Lipinski definition) is 2. The Labute approximate surface area is 236 Å². The predicted octanol–water partition coefficient (Wildman–Crippen LogP) is 5.40. The van der Waals surface area contributed by atoms with E-state index in [2.05, 4.69) is 10.6 Å². The van der Waals surface area contributed by atoms with E-state index < -0.39 is 12.1 Å². The third-order valence-corrected chi connectivity index (χ3v) is 7.17. The van der Waals surface area contributed by atoms with Gasteiger partial charge in [-0.2, -0.15) is 0 Å². The zero-order valence-corrected chi connectivity index (χ0v) is 23.8. The number of ether oxygens (including phenoxy) is 1. The van der Waals surface area contributed by atoms with E-state index in [1.807, 2.05) is 82.3 Å². The molecule has 4 rings (SSSR count). The maximum Gasteiger partial charge on any atom is 0.319 e. The molecule has 3 aromatic carbocycles. The van der Waals surface area contributed by atoms with Crippen LogP contribution in [0.15, 0.2) is 78.9 Å². The maximum absolute atomic E-state index is 14.2. The minimum Gasteiger partial charge on any atom is -0.497 e. The molecule has 210 valence electrons. The summed E-state index contributed by atoms with van der Waals surface area (Å²) in [5.74, 6) is -0.0410. The lowest BCUT2D eigenvalue weighted by Gasteiger charge is -2.34. The zero-order valence-electron chi connectivity index (χ0n) is 23.8. The Kier molecular flexibility index (Phi) is 9.09. The molecule has 1 heterocycles. The van der Waals surface area contributed by atoms with Crippen molar-refractivity contribution in [2.75, 3.05) is 23.9 Å². The minimum absolute atomic E-state index is 0.0237. The lowest BCUT2D eigenvalue weighted by atomic mass is 9.86. The number of fused-ring (bicyclic) bond motifs is 1. The number of nitrogens with one attached hydrogen (secondary N) is 2. The number of anilines is 2. The van der Waals surface area contributed by atoms with Crippen LogP contribution in [-0.2, 0) is 9.59 Å². The number of methoxy groups -OCH3 is 1. The van der Waals surface area contributed by atoms with Crippen molar-refractivity contribution in [1.82, 2.24) is 10.2 Å². The summed E-state index contributed by atoms with van der Waals surface area (Å²) in [5.41, 5.74) is 3.19. The molecule has 0 aliphatic carbocycles. The van der Waals surface area contributed by atoms with Gasteiger partial charge in [0.1, 0.15) is 18.3 Å². The highest BCUT2D eigenvalue weighted by atomic mass is 16.5. The Morgan fingerprint density at radius 2 is 1.62 bits per heavy atom. The Hall–Kier alpha value is -4.33. The largest absolute Gasteiger partial charge is 0.497 e. The molecule has 2 atom stereocenters. The third-order valence-electron chi connectivity index (χ3n) is 7.17. The van der Waals surface area contributed by atoms with E-state index in [-0.39, 0.29) is 36.4 Å². The number of nitrogens with zero attached hydrogens (tertiary/aromatic N) is 2. The molecule has 0 spiro atoms. The molecule has 8 nitrogen and oxygen atoms in total. The molecular weight excluding hydrogens is 504 g/mol. The van der Waals surface area contributed by atoms with E-state index >= 15 is 0 Å². The third kappa shape index (κ3) is 6.45. The number of para-hydroxylation sites is 1. The Balaban J connectivity index is 1.70. The van der Waals surface area contributed by atoms with Crippen molar-refractivity contribution < 1.29 is 19.1 Å². The standard InChI is InChI=1S/C32H38N4O4/c1-21(2)36(22(3)4)30(37)20-35-29-17-10-9-16-26(29)27(23-12-7-6-8-13-23)19-28(31(35)38)34-32(39)33-24-14-11-15-25(18-24)40-5/h6-18,21-22,27-28H,19-20H2,1-5H3,(H2,33,34,39).